The van der Waals surface area contributed by atoms with Crippen molar-refractivity contribution in [2.45, 2.75) is 6.04 Å². The van der Waals surface area contributed by atoms with Gasteiger partial charge >= 0.3 is 0 Å². The van der Waals surface area contributed by atoms with E-state index in [0.717, 1.165) is 3.70 Å². The summed E-state index contributed by atoms with van der Waals surface area (Å²) in [7, 11) is 0. The fraction of sp³-hybridized carbons (Fsp3) is 0.286. The monoisotopic (exact) mass is 280 g/mol. The van der Waals surface area contributed by atoms with E-state index in [9.17, 15) is 5.11 Å². The van der Waals surface area contributed by atoms with E-state index in [1.165, 1.54) is 6.07 Å². The minimum atomic E-state index is -0.611. The number of hydrogen-bond donors (Lipinski definition) is 3. The number of nitrogens with zero attached hydrogens (tertiary/aromatic N) is 1. The number of aliphatic hydroxyl groups excluding tert-OH is 1. The number of aromatic hydroxyl groups is 1. The first-order chi connectivity index (χ1) is 5.65. The summed E-state index contributed by atoms with van der Waals surface area (Å²) >= 11 is 2.01. The molecule has 0 unspecified atom stereocenters. The fourth-order valence-corrected chi connectivity index (χ4v) is 1.24. The van der Waals surface area contributed by atoms with E-state index in [1.807, 2.05) is 22.6 Å². The molecule has 0 aromatic carbocycles. The molecule has 0 radical (unpaired) electrons. The van der Waals surface area contributed by atoms with Crippen LogP contribution in [0.5, 0.6) is 5.75 Å². The topological polar surface area (TPSA) is 79.4 Å². The van der Waals surface area contributed by atoms with Crippen molar-refractivity contribution in [3.05, 3.63) is 21.5 Å². The SMILES string of the molecule is N[C@H](CO)c1nc(I)ccc1O. The van der Waals surface area contributed by atoms with Crippen molar-refractivity contribution in [2.75, 3.05) is 6.61 Å². The molecule has 0 bridgehead atoms. The van der Waals surface area contributed by atoms with Crippen LogP contribution in [0.3, 0.4) is 0 Å². The smallest absolute Gasteiger partial charge is 0.138 e. The van der Waals surface area contributed by atoms with Crippen molar-refractivity contribution in [3.63, 3.8) is 0 Å². The minimum absolute atomic E-state index is 0.0250. The van der Waals surface area contributed by atoms with Crippen molar-refractivity contribution < 1.29 is 10.2 Å². The Morgan fingerprint density at radius 1 is 1.58 bits per heavy atom. The van der Waals surface area contributed by atoms with Crippen molar-refractivity contribution in [1.29, 1.82) is 0 Å². The molecular weight excluding hydrogens is 271 g/mol. The zero-order valence-corrected chi connectivity index (χ0v) is 8.39. The van der Waals surface area contributed by atoms with Gasteiger partial charge in [0.15, 0.2) is 0 Å². The van der Waals surface area contributed by atoms with Crippen LogP contribution < -0.4 is 5.73 Å². The Bertz CT molecular complexity index is 280. The molecule has 1 aromatic rings. The molecule has 0 aliphatic rings. The zero-order chi connectivity index (χ0) is 9.14. The molecule has 0 aliphatic heterocycles. The first-order valence-corrected chi connectivity index (χ1v) is 4.45. The molecule has 1 aromatic heterocycles. The molecule has 0 fully saturated rings. The average Bonchev–Trinajstić information content (AvgIpc) is 2.08. The molecule has 5 heteroatoms. The van der Waals surface area contributed by atoms with E-state index in [-0.39, 0.29) is 12.4 Å². The van der Waals surface area contributed by atoms with Crippen molar-refractivity contribution >= 4 is 22.6 Å². The van der Waals surface area contributed by atoms with E-state index in [1.54, 1.807) is 6.07 Å². The lowest BCUT2D eigenvalue weighted by atomic mass is 10.2. The van der Waals surface area contributed by atoms with Gasteiger partial charge in [-0.05, 0) is 34.7 Å². The van der Waals surface area contributed by atoms with Gasteiger partial charge in [0, 0.05) is 0 Å². The van der Waals surface area contributed by atoms with Gasteiger partial charge in [0.2, 0.25) is 0 Å². The highest BCUT2D eigenvalue weighted by atomic mass is 127. The highest BCUT2D eigenvalue weighted by Gasteiger charge is 2.11. The van der Waals surface area contributed by atoms with Gasteiger partial charge in [-0.1, -0.05) is 0 Å². The van der Waals surface area contributed by atoms with Gasteiger partial charge in [0.05, 0.1) is 12.6 Å². The molecule has 0 amide bonds. The van der Waals surface area contributed by atoms with Crippen LogP contribution in [0.15, 0.2) is 12.1 Å². The van der Waals surface area contributed by atoms with Gasteiger partial charge in [-0.3, -0.25) is 0 Å². The molecule has 4 nitrogen and oxygen atoms in total. The summed E-state index contributed by atoms with van der Waals surface area (Å²) in [6, 6.07) is 2.57. The summed E-state index contributed by atoms with van der Waals surface area (Å²) in [6.45, 7) is -0.222. The quantitative estimate of drug-likeness (QED) is 0.540. The number of nitrogens with two attached hydrogens (primary N) is 1. The van der Waals surface area contributed by atoms with Crippen LogP contribution in [0.25, 0.3) is 0 Å². The minimum Gasteiger partial charge on any atom is -0.506 e. The summed E-state index contributed by atoms with van der Waals surface area (Å²) in [5.41, 5.74) is 5.83. The van der Waals surface area contributed by atoms with E-state index >= 15 is 0 Å². The molecule has 1 rings (SSSR count). The Kier molecular flexibility index (Phi) is 3.24. The van der Waals surface area contributed by atoms with Crippen molar-refractivity contribution in [3.8, 4) is 5.75 Å². The predicted octanol–water partition coefficient (Wildman–Crippen LogP) is 0.384. The van der Waals surface area contributed by atoms with E-state index < -0.39 is 6.04 Å². The van der Waals surface area contributed by atoms with Gasteiger partial charge in [-0.25, -0.2) is 4.98 Å². The lowest BCUT2D eigenvalue weighted by Crippen LogP contribution is -2.16. The summed E-state index contributed by atoms with van der Waals surface area (Å²) in [4.78, 5) is 4.00. The summed E-state index contributed by atoms with van der Waals surface area (Å²) in [5, 5.41) is 18.0. The Morgan fingerprint density at radius 3 is 2.83 bits per heavy atom. The van der Waals surface area contributed by atoms with Crippen LogP contribution in [0.4, 0.5) is 0 Å². The fourth-order valence-electron chi connectivity index (χ4n) is 0.802. The maximum Gasteiger partial charge on any atom is 0.138 e. The van der Waals surface area contributed by atoms with Crippen LogP contribution in [0, 0.1) is 3.70 Å². The highest BCUT2D eigenvalue weighted by molar-refractivity contribution is 14.1. The Labute approximate surface area is 83.6 Å². The zero-order valence-electron chi connectivity index (χ0n) is 6.24. The third kappa shape index (κ3) is 2.05. The van der Waals surface area contributed by atoms with Crippen LogP contribution >= 0.6 is 22.6 Å². The summed E-state index contributed by atoms with van der Waals surface area (Å²) < 4.78 is 0.740. The lowest BCUT2D eigenvalue weighted by Gasteiger charge is -2.09. The number of pyridine rings is 1. The van der Waals surface area contributed by atoms with Crippen molar-refractivity contribution in [1.82, 2.24) is 4.98 Å². The standard InChI is InChI=1S/C7H9IN2O2/c8-6-2-1-5(12)7(10-6)4(9)3-11/h1-2,4,11-12H,3,9H2/t4-/m1/s1. The molecule has 1 heterocycles. The Balaban J connectivity index is 3.04. The Morgan fingerprint density at radius 2 is 2.25 bits per heavy atom. The maximum atomic E-state index is 9.28. The largest absolute Gasteiger partial charge is 0.506 e. The second kappa shape index (κ2) is 4.01. The van der Waals surface area contributed by atoms with Gasteiger partial charge in [0.1, 0.15) is 15.1 Å². The second-order valence-electron chi connectivity index (χ2n) is 2.33. The van der Waals surface area contributed by atoms with E-state index in [2.05, 4.69) is 4.98 Å². The first kappa shape index (κ1) is 9.69. The molecule has 0 saturated heterocycles. The van der Waals surface area contributed by atoms with Crippen molar-refractivity contribution in [2.24, 2.45) is 5.73 Å². The average molecular weight is 280 g/mol. The van der Waals surface area contributed by atoms with Gasteiger partial charge < -0.3 is 15.9 Å². The first-order valence-electron chi connectivity index (χ1n) is 3.37. The second-order valence-corrected chi connectivity index (χ2v) is 3.43. The maximum absolute atomic E-state index is 9.28. The third-order valence-electron chi connectivity index (χ3n) is 1.42. The van der Waals surface area contributed by atoms with E-state index in [4.69, 9.17) is 10.8 Å². The number of rotatable bonds is 2. The molecule has 0 aliphatic carbocycles. The molecule has 4 N–H and O–H groups in total. The predicted molar refractivity (Wildman–Crippen MR) is 52.6 cm³/mol. The van der Waals surface area contributed by atoms with Crippen LogP contribution in [0.2, 0.25) is 0 Å². The normalized spacial score (nSPS) is 12.9. The number of halogens is 1. The molecule has 0 saturated carbocycles. The van der Waals surface area contributed by atoms with Crippen LogP contribution in [-0.4, -0.2) is 21.8 Å². The molecule has 66 valence electrons. The summed E-state index contributed by atoms with van der Waals surface area (Å²) in [5.74, 6) is 0.0250. The van der Waals surface area contributed by atoms with Gasteiger partial charge in [-0.2, -0.15) is 0 Å². The number of aromatic nitrogens is 1. The van der Waals surface area contributed by atoms with E-state index in [0.29, 0.717) is 5.69 Å². The number of aliphatic hydroxyl groups is 1. The highest BCUT2D eigenvalue weighted by Crippen LogP contribution is 2.20. The van der Waals surface area contributed by atoms with Gasteiger partial charge in [-0.15, -0.1) is 0 Å². The van der Waals surface area contributed by atoms with Crippen LogP contribution in [-0.2, 0) is 0 Å². The summed E-state index contributed by atoms with van der Waals surface area (Å²) in [6.07, 6.45) is 0. The molecule has 0 spiro atoms. The van der Waals surface area contributed by atoms with Crippen LogP contribution in [0.1, 0.15) is 11.7 Å². The third-order valence-corrected chi connectivity index (χ3v) is 2.02. The molecule has 1 atom stereocenters. The lowest BCUT2D eigenvalue weighted by molar-refractivity contribution is 0.262. The molecule has 12 heavy (non-hydrogen) atoms. The van der Waals surface area contributed by atoms with Gasteiger partial charge in [0.25, 0.3) is 0 Å². The molecular formula is C7H9IN2O2. The Hall–Kier alpha value is -0.400. The number of hydrogen-bond acceptors (Lipinski definition) is 4.